The number of hydrogen-bond donors (Lipinski definition) is 2. The molecule has 2 amide bonds. The number of carbonyl (C=O) groups is 2. The van der Waals surface area contributed by atoms with E-state index in [-0.39, 0.29) is 11.8 Å². The van der Waals surface area contributed by atoms with Gasteiger partial charge in [-0.1, -0.05) is 89.5 Å². The van der Waals surface area contributed by atoms with Crippen LogP contribution in [0.25, 0.3) is 0 Å². The second-order valence-electron chi connectivity index (χ2n) is 7.70. The molecule has 0 unspecified atom stereocenters. The van der Waals surface area contributed by atoms with Crippen molar-refractivity contribution in [1.82, 2.24) is 10.6 Å². The highest BCUT2D eigenvalue weighted by Crippen LogP contribution is 2.08. The summed E-state index contributed by atoms with van der Waals surface area (Å²) in [4.78, 5) is 23.9. The van der Waals surface area contributed by atoms with E-state index in [1.165, 1.54) is 38.5 Å². The van der Waals surface area contributed by atoms with Crippen molar-refractivity contribution in [1.29, 1.82) is 0 Å². The van der Waals surface area contributed by atoms with Gasteiger partial charge in [-0.25, -0.2) is 0 Å². The molecule has 0 radical (unpaired) electrons. The Morgan fingerprint density at radius 1 is 0.679 bits per heavy atom. The molecule has 0 aromatic heterocycles. The fourth-order valence-electron chi connectivity index (χ4n) is 3.21. The maximum absolute atomic E-state index is 11.9. The lowest BCUT2D eigenvalue weighted by Gasteiger charge is -2.09. The highest BCUT2D eigenvalue weighted by atomic mass is 16.2. The molecule has 0 aliphatic carbocycles. The minimum absolute atomic E-state index is 0.123. The van der Waals surface area contributed by atoms with E-state index >= 15 is 0 Å². The van der Waals surface area contributed by atoms with E-state index in [1.54, 1.807) is 0 Å². The molecule has 0 saturated carbocycles. The molecular weight excluding hydrogens is 348 g/mol. The molecule has 0 bridgehead atoms. The van der Waals surface area contributed by atoms with Crippen molar-refractivity contribution in [3.05, 3.63) is 35.4 Å². The van der Waals surface area contributed by atoms with Crippen LogP contribution in [0, 0.1) is 0 Å². The molecule has 4 heteroatoms. The molecule has 1 aromatic rings. The topological polar surface area (TPSA) is 58.2 Å². The minimum Gasteiger partial charge on any atom is -0.352 e. The quantitative estimate of drug-likeness (QED) is 0.360. The van der Waals surface area contributed by atoms with Gasteiger partial charge in [0, 0.05) is 25.9 Å². The summed E-state index contributed by atoms with van der Waals surface area (Å²) in [6.07, 6.45) is 12.8. The molecule has 158 valence electrons. The SMILES string of the molecule is CCCCCCCC(=O)NCc1cccc(CNC(=O)CCCCCCC)c1. The Morgan fingerprint density at radius 3 is 1.54 bits per heavy atom. The zero-order valence-electron chi connectivity index (χ0n) is 18.0. The first-order valence-electron chi connectivity index (χ1n) is 11.3. The Hall–Kier alpha value is -1.84. The largest absolute Gasteiger partial charge is 0.352 e. The Balaban J connectivity index is 2.22. The lowest BCUT2D eigenvalue weighted by molar-refractivity contribution is -0.122. The molecule has 2 N–H and O–H groups in total. The Kier molecular flexibility index (Phi) is 14.0. The molecule has 0 atom stereocenters. The third-order valence-electron chi connectivity index (χ3n) is 4.99. The molecular formula is C24H40N2O2. The Bertz CT molecular complexity index is 512. The van der Waals surface area contributed by atoms with Crippen LogP contribution in [-0.2, 0) is 22.7 Å². The van der Waals surface area contributed by atoms with Crippen LogP contribution in [0.1, 0.15) is 102 Å². The third-order valence-corrected chi connectivity index (χ3v) is 4.99. The average Bonchev–Trinajstić information content (AvgIpc) is 2.71. The van der Waals surface area contributed by atoms with Crippen LogP contribution in [0.4, 0.5) is 0 Å². The van der Waals surface area contributed by atoms with Crippen LogP contribution in [-0.4, -0.2) is 11.8 Å². The number of hydrogen-bond acceptors (Lipinski definition) is 2. The van der Waals surface area contributed by atoms with E-state index in [0.29, 0.717) is 25.9 Å². The van der Waals surface area contributed by atoms with E-state index in [9.17, 15) is 9.59 Å². The van der Waals surface area contributed by atoms with Crippen LogP contribution in [0.2, 0.25) is 0 Å². The van der Waals surface area contributed by atoms with Crippen LogP contribution in [0.3, 0.4) is 0 Å². The van der Waals surface area contributed by atoms with Gasteiger partial charge < -0.3 is 10.6 Å². The lowest BCUT2D eigenvalue weighted by atomic mass is 10.1. The normalized spacial score (nSPS) is 10.6. The second kappa shape index (κ2) is 16.1. The highest BCUT2D eigenvalue weighted by Gasteiger charge is 2.04. The summed E-state index contributed by atoms with van der Waals surface area (Å²) in [5, 5.41) is 6.00. The summed E-state index contributed by atoms with van der Waals surface area (Å²) in [5.41, 5.74) is 2.15. The number of benzene rings is 1. The molecule has 0 aliphatic rings. The van der Waals surface area contributed by atoms with Crippen LogP contribution in [0.15, 0.2) is 24.3 Å². The summed E-state index contributed by atoms with van der Waals surface area (Å²) in [6.45, 7) is 5.49. The van der Waals surface area contributed by atoms with Gasteiger partial charge in [-0.15, -0.1) is 0 Å². The predicted octanol–water partition coefficient (Wildman–Crippen LogP) is 5.64. The lowest BCUT2D eigenvalue weighted by Crippen LogP contribution is -2.23. The van der Waals surface area contributed by atoms with Crippen LogP contribution < -0.4 is 10.6 Å². The predicted molar refractivity (Wildman–Crippen MR) is 117 cm³/mol. The van der Waals surface area contributed by atoms with Crippen molar-refractivity contribution in [3.63, 3.8) is 0 Å². The molecule has 0 saturated heterocycles. The molecule has 28 heavy (non-hydrogen) atoms. The van der Waals surface area contributed by atoms with Crippen molar-refractivity contribution in [2.45, 2.75) is 104 Å². The number of nitrogens with one attached hydrogen (secondary N) is 2. The average molecular weight is 389 g/mol. The first-order chi connectivity index (χ1) is 13.7. The van der Waals surface area contributed by atoms with E-state index in [0.717, 1.165) is 36.8 Å². The van der Waals surface area contributed by atoms with Crippen molar-refractivity contribution in [3.8, 4) is 0 Å². The van der Waals surface area contributed by atoms with E-state index < -0.39 is 0 Å². The maximum Gasteiger partial charge on any atom is 0.220 e. The monoisotopic (exact) mass is 388 g/mol. The fourth-order valence-corrected chi connectivity index (χ4v) is 3.21. The van der Waals surface area contributed by atoms with Gasteiger partial charge in [-0.3, -0.25) is 9.59 Å². The summed E-state index contributed by atoms with van der Waals surface area (Å²) in [5.74, 6) is 0.247. The summed E-state index contributed by atoms with van der Waals surface area (Å²) in [6, 6.07) is 8.07. The molecule has 0 spiro atoms. The van der Waals surface area contributed by atoms with Gasteiger partial charge in [0.1, 0.15) is 0 Å². The smallest absolute Gasteiger partial charge is 0.220 e. The van der Waals surface area contributed by atoms with Crippen molar-refractivity contribution in [2.24, 2.45) is 0 Å². The first-order valence-corrected chi connectivity index (χ1v) is 11.3. The molecule has 0 aliphatic heterocycles. The molecule has 0 heterocycles. The first kappa shape index (κ1) is 24.2. The van der Waals surface area contributed by atoms with Gasteiger partial charge in [-0.2, -0.15) is 0 Å². The minimum atomic E-state index is 0.123. The number of carbonyl (C=O) groups excluding carboxylic acids is 2. The molecule has 1 rings (SSSR count). The highest BCUT2D eigenvalue weighted by molar-refractivity contribution is 5.76. The van der Waals surface area contributed by atoms with Gasteiger partial charge in [0.2, 0.25) is 11.8 Å². The van der Waals surface area contributed by atoms with Crippen LogP contribution in [0.5, 0.6) is 0 Å². The summed E-state index contributed by atoms with van der Waals surface area (Å²) >= 11 is 0. The standard InChI is InChI=1S/C24H40N2O2/c1-3-5-7-9-11-16-23(27)25-19-21-14-13-15-22(18-21)20-26-24(28)17-12-10-8-6-4-2/h13-15,18H,3-12,16-17,19-20H2,1-2H3,(H,25,27)(H,26,28). The number of unbranched alkanes of at least 4 members (excludes halogenated alkanes) is 8. The second-order valence-corrected chi connectivity index (χ2v) is 7.70. The van der Waals surface area contributed by atoms with E-state index in [2.05, 4.69) is 30.5 Å². The van der Waals surface area contributed by atoms with Gasteiger partial charge >= 0.3 is 0 Å². The fraction of sp³-hybridized carbons (Fsp3) is 0.667. The van der Waals surface area contributed by atoms with Gasteiger partial charge in [0.05, 0.1) is 0 Å². The molecule has 0 fully saturated rings. The number of amides is 2. The molecule has 1 aromatic carbocycles. The third kappa shape index (κ3) is 12.5. The summed E-state index contributed by atoms with van der Waals surface area (Å²) in [7, 11) is 0. The van der Waals surface area contributed by atoms with E-state index in [4.69, 9.17) is 0 Å². The van der Waals surface area contributed by atoms with Crippen molar-refractivity contribution < 1.29 is 9.59 Å². The van der Waals surface area contributed by atoms with E-state index in [1.807, 2.05) is 18.2 Å². The van der Waals surface area contributed by atoms with Crippen molar-refractivity contribution in [2.75, 3.05) is 0 Å². The summed E-state index contributed by atoms with van der Waals surface area (Å²) < 4.78 is 0. The van der Waals surface area contributed by atoms with Crippen LogP contribution >= 0.6 is 0 Å². The van der Waals surface area contributed by atoms with Crippen molar-refractivity contribution >= 4 is 11.8 Å². The van der Waals surface area contributed by atoms with Gasteiger partial charge in [-0.05, 0) is 24.0 Å². The maximum atomic E-state index is 11.9. The zero-order valence-corrected chi connectivity index (χ0v) is 18.0. The van der Waals surface area contributed by atoms with Gasteiger partial charge in [0.25, 0.3) is 0 Å². The van der Waals surface area contributed by atoms with Gasteiger partial charge in [0.15, 0.2) is 0 Å². The number of rotatable bonds is 16. The Labute approximate surface area is 171 Å². The Morgan fingerprint density at radius 2 is 1.11 bits per heavy atom. The zero-order chi connectivity index (χ0) is 20.5. The molecule has 4 nitrogen and oxygen atoms in total.